The van der Waals surface area contributed by atoms with E-state index in [1.807, 2.05) is 6.92 Å². The fourth-order valence-electron chi connectivity index (χ4n) is 1.46. The van der Waals surface area contributed by atoms with Crippen molar-refractivity contribution in [3.63, 3.8) is 0 Å². The van der Waals surface area contributed by atoms with Gasteiger partial charge in [0.25, 0.3) is 0 Å². The summed E-state index contributed by atoms with van der Waals surface area (Å²) >= 11 is 6.06. The molecule has 0 N–H and O–H groups in total. The van der Waals surface area contributed by atoms with Gasteiger partial charge in [-0.1, -0.05) is 11.6 Å². The number of rotatable bonds is 1. The van der Waals surface area contributed by atoms with Gasteiger partial charge in [-0.2, -0.15) is 0 Å². The first-order valence-electron chi connectivity index (χ1n) is 4.42. The highest BCUT2D eigenvalue weighted by molar-refractivity contribution is 6.36. The molecule has 0 aliphatic heterocycles. The molecule has 0 aliphatic rings. The number of halogens is 2. The van der Waals surface area contributed by atoms with Crippen LogP contribution in [0.25, 0.3) is 10.9 Å². The van der Waals surface area contributed by atoms with Crippen molar-refractivity contribution in [1.82, 2.24) is 4.98 Å². The van der Waals surface area contributed by atoms with Crippen LogP contribution in [0.1, 0.15) is 5.56 Å². The second-order valence-electron chi connectivity index (χ2n) is 3.26. The lowest BCUT2D eigenvalue weighted by Crippen LogP contribution is -1.91. The number of nitrogens with zero attached hydrogens (tertiary/aromatic N) is 1. The van der Waals surface area contributed by atoms with E-state index in [9.17, 15) is 4.39 Å². The summed E-state index contributed by atoms with van der Waals surface area (Å²) in [5, 5.41) is 1.09. The molecule has 2 rings (SSSR count). The predicted molar refractivity (Wildman–Crippen MR) is 58.0 cm³/mol. The quantitative estimate of drug-likeness (QED) is 0.743. The highest BCUT2D eigenvalue weighted by atomic mass is 35.5. The molecule has 0 fully saturated rings. The average Bonchev–Trinajstić information content (AvgIpc) is 2.23. The molecule has 0 bridgehead atoms. The Labute approximate surface area is 91.6 Å². The molecular formula is C11H9ClFNO. The smallest absolute Gasteiger partial charge is 0.148 e. The van der Waals surface area contributed by atoms with Crippen LogP contribution in [0.5, 0.6) is 5.75 Å². The number of fused-ring (bicyclic) bond motifs is 1. The SMILES string of the molecule is COc1cc(F)cc2c(Cl)c(C)cnc12. The summed E-state index contributed by atoms with van der Waals surface area (Å²) in [4.78, 5) is 4.18. The van der Waals surface area contributed by atoms with Crippen LogP contribution in [0.2, 0.25) is 5.02 Å². The zero-order valence-corrected chi connectivity index (χ0v) is 9.10. The molecule has 0 aliphatic carbocycles. The summed E-state index contributed by atoms with van der Waals surface area (Å²) in [6, 6.07) is 2.65. The van der Waals surface area contributed by atoms with Gasteiger partial charge >= 0.3 is 0 Å². The van der Waals surface area contributed by atoms with Crippen LogP contribution in [0, 0.1) is 12.7 Å². The van der Waals surface area contributed by atoms with Crippen molar-refractivity contribution in [3.05, 3.63) is 34.7 Å². The van der Waals surface area contributed by atoms with Crippen LogP contribution in [0.15, 0.2) is 18.3 Å². The molecule has 0 amide bonds. The van der Waals surface area contributed by atoms with E-state index in [2.05, 4.69) is 4.98 Å². The number of pyridine rings is 1. The molecule has 15 heavy (non-hydrogen) atoms. The molecule has 0 saturated carbocycles. The van der Waals surface area contributed by atoms with Crippen molar-refractivity contribution in [2.75, 3.05) is 7.11 Å². The van der Waals surface area contributed by atoms with Crippen LogP contribution < -0.4 is 4.74 Å². The van der Waals surface area contributed by atoms with Crippen LogP contribution in [0.3, 0.4) is 0 Å². The normalized spacial score (nSPS) is 10.7. The Bertz CT molecular complexity index is 527. The number of hydrogen-bond acceptors (Lipinski definition) is 2. The minimum Gasteiger partial charge on any atom is -0.494 e. The summed E-state index contributed by atoms with van der Waals surface area (Å²) in [5.74, 6) is 0.0144. The first-order chi connectivity index (χ1) is 7.13. The van der Waals surface area contributed by atoms with E-state index in [-0.39, 0.29) is 5.82 Å². The number of benzene rings is 1. The van der Waals surface area contributed by atoms with Gasteiger partial charge in [0, 0.05) is 17.6 Å². The maximum atomic E-state index is 13.2. The largest absolute Gasteiger partial charge is 0.494 e. The molecule has 0 unspecified atom stereocenters. The Balaban J connectivity index is 2.89. The molecular weight excluding hydrogens is 217 g/mol. The van der Waals surface area contributed by atoms with E-state index in [4.69, 9.17) is 16.3 Å². The van der Waals surface area contributed by atoms with Gasteiger partial charge in [-0.3, -0.25) is 4.98 Å². The third kappa shape index (κ3) is 1.63. The van der Waals surface area contributed by atoms with E-state index in [0.29, 0.717) is 21.7 Å². The van der Waals surface area contributed by atoms with Crippen molar-refractivity contribution in [3.8, 4) is 5.75 Å². The monoisotopic (exact) mass is 225 g/mol. The van der Waals surface area contributed by atoms with E-state index in [1.54, 1.807) is 6.20 Å². The molecule has 0 atom stereocenters. The number of aromatic nitrogens is 1. The first-order valence-corrected chi connectivity index (χ1v) is 4.79. The Kier molecular flexibility index (Phi) is 2.49. The van der Waals surface area contributed by atoms with Crippen molar-refractivity contribution < 1.29 is 9.13 Å². The lowest BCUT2D eigenvalue weighted by Gasteiger charge is -2.07. The Morgan fingerprint density at radius 3 is 2.80 bits per heavy atom. The number of aryl methyl sites for hydroxylation is 1. The minimum atomic E-state index is -0.381. The first kappa shape index (κ1) is 10.2. The van der Waals surface area contributed by atoms with Crippen molar-refractivity contribution in [2.45, 2.75) is 6.92 Å². The molecule has 0 saturated heterocycles. The minimum absolute atomic E-state index is 0.381. The molecule has 4 heteroatoms. The fourth-order valence-corrected chi connectivity index (χ4v) is 1.65. The van der Waals surface area contributed by atoms with Gasteiger partial charge in [0.05, 0.1) is 12.1 Å². The molecule has 2 aromatic rings. The highest BCUT2D eigenvalue weighted by Crippen LogP contribution is 2.31. The second kappa shape index (κ2) is 3.66. The van der Waals surface area contributed by atoms with Crippen molar-refractivity contribution >= 4 is 22.5 Å². The second-order valence-corrected chi connectivity index (χ2v) is 3.64. The average molecular weight is 226 g/mol. The lowest BCUT2D eigenvalue weighted by molar-refractivity contribution is 0.415. The van der Waals surface area contributed by atoms with Crippen LogP contribution in [-0.2, 0) is 0 Å². The van der Waals surface area contributed by atoms with Crippen LogP contribution in [0.4, 0.5) is 4.39 Å². The molecule has 0 spiro atoms. The number of hydrogen-bond donors (Lipinski definition) is 0. The van der Waals surface area contributed by atoms with E-state index < -0.39 is 0 Å². The Hall–Kier alpha value is -1.35. The van der Waals surface area contributed by atoms with Gasteiger partial charge in [0.1, 0.15) is 17.1 Å². The molecule has 1 heterocycles. The van der Waals surface area contributed by atoms with E-state index >= 15 is 0 Å². The number of ether oxygens (including phenoxy) is 1. The Morgan fingerprint density at radius 2 is 2.13 bits per heavy atom. The fraction of sp³-hybridized carbons (Fsp3) is 0.182. The standard InChI is InChI=1S/C11H9ClFNO/c1-6-5-14-11-8(10(6)12)3-7(13)4-9(11)15-2/h3-5H,1-2H3. The van der Waals surface area contributed by atoms with Crippen molar-refractivity contribution in [1.29, 1.82) is 0 Å². The third-order valence-electron chi connectivity index (χ3n) is 2.23. The highest BCUT2D eigenvalue weighted by Gasteiger charge is 2.10. The van der Waals surface area contributed by atoms with Gasteiger partial charge in [0.2, 0.25) is 0 Å². The zero-order valence-electron chi connectivity index (χ0n) is 8.34. The predicted octanol–water partition coefficient (Wildman–Crippen LogP) is 3.34. The molecule has 78 valence electrons. The topological polar surface area (TPSA) is 22.1 Å². The molecule has 1 aromatic heterocycles. The van der Waals surface area contributed by atoms with E-state index in [0.717, 1.165) is 5.56 Å². The van der Waals surface area contributed by atoms with Gasteiger partial charge in [-0.15, -0.1) is 0 Å². The molecule has 0 radical (unpaired) electrons. The molecule has 2 nitrogen and oxygen atoms in total. The summed E-state index contributed by atoms with van der Waals surface area (Å²) in [6.07, 6.45) is 1.64. The van der Waals surface area contributed by atoms with Gasteiger partial charge in [-0.25, -0.2) is 4.39 Å². The third-order valence-corrected chi connectivity index (χ3v) is 2.73. The summed E-state index contributed by atoms with van der Waals surface area (Å²) in [6.45, 7) is 1.83. The summed E-state index contributed by atoms with van der Waals surface area (Å²) < 4.78 is 18.3. The summed E-state index contributed by atoms with van der Waals surface area (Å²) in [7, 11) is 1.48. The maximum Gasteiger partial charge on any atom is 0.148 e. The van der Waals surface area contributed by atoms with Crippen LogP contribution in [-0.4, -0.2) is 12.1 Å². The van der Waals surface area contributed by atoms with Gasteiger partial charge in [-0.05, 0) is 18.6 Å². The summed E-state index contributed by atoms with van der Waals surface area (Å²) in [5.41, 5.74) is 1.39. The van der Waals surface area contributed by atoms with Crippen molar-refractivity contribution in [2.24, 2.45) is 0 Å². The van der Waals surface area contributed by atoms with Gasteiger partial charge in [0.15, 0.2) is 0 Å². The molecule has 1 aromatic carbocycles. The van der Waals surface area contributed by atoms with Crippen LogP contribution >= 0.6 is 11.6 Å². The Morgan fingerprint density at radius 1 is 1.40 bits per heavy atom. The zero-order chi connectivity index (χ0) is 11.0. The van der Waals surface area contributed by atoms with E-state index in [1.165, 1.54) is 19.2 Å². The number of methoxy groups -OCH3 is 1. The lowest BCUT2D eigenvalue weighted by atomic mass is 10.1. The maximum absolute atomic E-state index is 13.2. The van der Waals surface area contributed by atoms with Gasteiger partial charge < -0.3 is 4.74 Å².